The van der Waals surface area contributed by atoms with Crippen LogP contribution in [0.15, 0.2) is 42.6 Å². The van der Waals surface area contributed by atoms with Gasteiger partial charge in [-0.2, -0.15) is 9.78 Å². The van der Waals surface area contributed by atoms with Crippen molar-refractivity contribution in [1.29, 1.82) is 0 Å². The molecule has 2 aromatic carbocycles. The van der Waals surface area contributed by atoms with Gasteiger partial charge in [0.15, 0.2) is 0 Å². The predicted octanol–water partition coefficient (Wildman–Crippen LogP) is 3.65. The van der Waals surface area contributed by atoms with Gasteiger partial charge in [-0.3, -0.25) is 5.01 Å². The van der Waals surface area contributed by atoms with E-state index in [1.165, 1.54) is 30.4 Å². The largest absolute Gasteiger partial charge is 0.573 e. The zero-order valence-electron chi connectivity index (χ0n) is 16.1. The summed E-state index contributed by atoms with van der Waals surface area (Å²) in [5, 5.41) is 8.56. The molecule has 2 heterocycles. The monoisotopic (exact) mass is 435 g/mol. The Morgan fingerprint density at radius 3 is 2.68 bits per heavy atom. The molecule has 0 saturated carbocycles. The number of hydrazine groups is 1. The molecule has 0 unspecified atom stereocenters. The summed E-state index contributed by atoms with van der Waals surface area (Å²) < 4.78 is 47.6. The van der Waals surface area contributed by atoms with Gasteiger partial charge in [-0.1, -0.05) is 12.1 Å². The highest BCUT2D eigenvalue weighted by atomic mass is 19.4. The van der Waals surface area contributed by atoms with Crippen LogP contribution in [0.5, 0.6) is 5.75 Å². The number of halogens is 3. The molecule has 12 heteroatoms. The van der Waals surface area contributed by atoms with Gasteiger partial charge in [-0.05, 0) is 30.7 Å². The predicted molar refractivity (Wildman–Crippen MR) is 104 cm³/mol. The third-order valence-electron chi connectivity index (χ3n) is 4.66. The molecular formula is C19H16F3N5O4. The third kappa shape index (κ3) is 4.04. The number of carbonyl (C=O) groups is 2. The molecule has 2 N–H and O–H groups in total. The summed E-state index contributed by atoms with van der Waals surface area (Å²) in [4.78, 5) is 24.3. The molecule has 3 aromatic rings. The van der Waals surface area contributed by atoms with Gasteiger partial charge in [-0.25, -0.2) is 15.0 Å². The summed E-state index contributed by atoms with van der Waals surface area (Å²) in [6.07, 6.45) is -3.81. The van der Waals surface area contributed by atoms with E-state index in [-0.39, 0.29) is 18.7 Å². The molecule has 162 valence electrons. The Labute approximate surface area is 173 Å². The van der Waals surface area contributed by atoms with Gasteiger partial charge in [0.25, 0.3) is 0 Å². The standard InChI is InChI=1S/C19H16F3N5O4/c1-30-18(29)27-15-6-2-4-13(12(15)10-23-27)24-17(28)25-26-9-8-11-14(26)5-3-7-16(11)31-19(20,21)22/h2-7,10H,8-9H2,1H3,(H2,24,25,28). The van der Waals surface area contributed by atoms with Crippen LogP contribution in [-0.2, 0) is 11.2 Å². The molecule has 0 radical (unpaired) electrons. The van der Waals surface area contributed by atoms with Gasteiger partial charge >= 0.3 is 18.5 Å². The first kappa shape index (κ1) is 20.3. The summed E-state index contributed by atoms with van der Waals surface area (Å²) >= 11 is 0. The lowest BCUT2D eigenvalue weighted by molar-refractivity contribution is -0.274. The smallest absolute Gasteiger partial charge is 0.451 e. The SMILES string of the molecule is COC(=O)n1ncc2c(NC(=O)NN3CCc4c(OC(F)(F)F)cccc43)cccc21. The maximum absolute atomic E-state index is 12.6. The summed E-state index contributed by atoms with van der Waals surface area (Å²) in [5.41, 5.74) is 4.19. The molecule has 9 nitrogen and oxygen atoms in total. The number of nitrogens with one attached hydrogen (secondary N) is 2. The highest BCUT2D eigenvalue weighted by molar-refractivity contribution is 6.02. The number of urea groups is 1. The molecule has 1 aromatic heterocycles. The number of hydrogen-bond acceptors (Lipinski definition) is 6. The van der Waals surface area contributed by atoms with Crippen molar-refractivity contribution in [2.24, 2.45) is 0 Å². The van der Waals surface area contributed by atoms with Gasteiger partial charge in [0, 0.05) is 17.5 Å². The average Bonchev–Trinajstić information content (AvgIpc) is 3.32. The number of anilines is 2. The molecule has 2 amide bonds. The number of benzene rings is 2. The summed E-state index contributed by atoms with van der Waals surface area (Å²) in [5.74, 6) is -0.297. The van der Waals surface area contributed by atoms with Crippen LogP contribution in [0.4, 0.5) is 34.1 Å². The summed E-state index contributed by atoms with van der Waals surface area (Å²) in [7, 11) is 1.23. The molecule has 0 spiro atoms. The van der Waals surface area contributed by atoms with Crippen LogP contribution in [0.1, 0.15) is 5.56 Å². The van der Waals surface area contributed by atoms with Crippen LogP contribution in [0.3, 0.4) is 0 Å². The van der Waals surface area contributed by atoms with E-state index in [1.807, 2.05) is 0 Å². The summed E-state index contributed by atoms with van der Waals surface area (Å²) in [6.45, 7) is 0.269. The van der Waals surface area contributed by atoms with Gasteiger partial charge < -0.3 is 14.8 Å². The number of amides is 2. The Balaban J connectivity index is 1.51. The summed E-state index contributed by atoms with van der Waals surface area (Å²) in [6, 6.07) is 8.51. The second-order valence-corrected chi connectivity index (χ2v) is 6.53. The number of fused-ring (bicyclic) bond motifs is 2. The Hall–Kier alpha value is -3.96. The second-order valence-electron chi connectivity index (χ2n) is 6.53. The molecule has 0 atom stereocenters. The first-order chi connectivity index (χ1) is 14.8. The van der Waals surface area contributed by atoms with Crippen LogP contribution in [0.25, 0.3) is 10.9 Å². The van der Waals surface area contributed by atoms with Gasteiger partial charge in [0.1, 0.15) is 5.75 Å². The molecule has 4 rings (SSSR count). The minimum Gasteiger partial charge on any atom is -0.451 e. The normalized spacial score (nSPS) is 13.1. The van der Waals surface area contributed by atoms with Crippen molar-refractivity contribution in [3.63, 3.8) is 0 Å². The fourth-order valence-electron chi connectivity index (χ4n) is 3.40. The lowest BCUT2D eigenvalue weighted by Crippen LogP contribution is -2.43. The molecule has 1 aliphatic rings. The quantitative estimate of drug-likeness (QED) is 0.652. The molecule has 0 aliphatic carbocycles. The Morgan fingerprint density at radius 1 is 1.16 bits per heavy atom. The number of nitrogens with zero attached hydrogens (tertiary/aromatic N) is 3. The van der Waals surface area contributed by atoms with Crippen molar-refractivity contribution in [1.82, 2.24) is 15.2 Å². The van der Waals surface area contributed by atoms with Crippen LogP contribution >= 0.6 is 0 Å². The van der Waals surface area contributed by atoms with Crippen molar-refractivity contribution in [2.45, 2.75) is 12.8 Å². The van der Waals surface area contributed by atoms with E-state index in [4.69, 9.17) is 0 Å². The van der Waals surface area contributed by atoms with E-state index in [0.717, 1.165) is 4.68 Å². The average molecular weight is 435 g/mol. The molecule has 31 heavy (non-hydrogen) atoms. The molecule has 0 bridgehead atoms. The topological polar surface area (TPSA) is 97.7 Å². The fraction of sp³-hybridized carbons (Fsp3) is 0.211. The molecular weight excluding hydrogens is 419 g/mol. The number of ether oxygens (including phenoxy) is 2. The van der Waals surface area contributed by atoms with E-state index in [2.05, 4.69) is 25.3 Å². The number of methoxy groups -OCH3 is 1. The molecule has 0 saturated heterocycles. The maximum atomic E-state index is 12.6. The van der Waals surface area contributed by atoms with Gasteiger partial charge in [-0.15, -0.1) is 13.2 Å². The van der Waals surface area contributed by atoms with E-state index < -0.39 is 18.5 Å². The molecule has 0 fully saturated rings. The first-order valence-corrected chi connectivity index (χ1v) is 9.04. The zero-order chi connectivity index (χ0) is 22.2. The minimum atomic E-state index is -4.80. The van der Waals surface area contributed by atoms with Gasteiger partial charge in [0.2, 0.25) is 0 Å². The third-order valence-corrected chi connectivity index (χ3v) is 4.66. The van der Waals surface area contributed by atoms with Crippen molar-refractivity contribution < 1.29 is 32.2 Å². The van der Waals surface area contributed by atoms with Gasteiger partial charge in [0.05, 0.1) is 30.2 Å². The van der Waals surface area contributed by atoms with Crippen LogP contribution in [0, 0.1) is 0 Å². The van der Waals surface area contributed by atoms with Crippen LogP contribution < -0.4 is 20.5 Å². The Morgan fingerprint density at radius 2 is 1.94 bits per heavy atom. The highest BCUT2D eigenvalue weighted by Gasteiger charge is 2.34. The second kappa shape index (κ2) is 7.70. The number of hydrogen-bond donors (Lipinski definition) is 2. The van der Waals surface area contributed by atoms with Crippen LogP contribution in [-0.4, -0.2) is 41.9 Å². The lowest BCUT2D eigenvalue weighted by Gasteiger charge is -2.21. The number of aromatic nitrogens is 2. The number of rotatable bonds is 3. The Bertz CT molecular complexity index is 1160. The highest BCUT2D eigenvalue weighted by Crippen LogP contribution is 2.36. The Kier molecular flexibility index (Phi) is 5.05. The minimum absolute atomic E-state index is 0.267. The zero-order valence-corrected chi connectivity index (χ0v) is 16.1. The first-order valence-electron chi connectivity index (χ1n) is 9.04. The lowest BCUT2D eigenvalue weighted by atomic mass is 10.1. The van der Waals surface area contributed by atoms with E-state index in [1.54, 1.807) is 24.3 Å². The van der Waals surface area contributed by atoms with Crippen molar-refractivity contribution in [3.8, 4) is 5.75 Å². The number of carbonyl (C=O) groups excluding carboxylic acids is 2. The van der Waals surface area contributed by atoms with E-state index >= 15 is 0 Å². The van der Waals surface area contributed by atoms with Crippen molar-refractivity contribution in [2.75, 3.05) is 24.0 Å². The fourth-order valence-corrected chi connectivity index (χ4v) is 3.40. The number of alkyl halides is 3. The van der Waals surface area contributed by atoms with Crippen molar-refractivity contribution >= 4 is 34.4 Å². The van der Waals surface area contributed by atoms with E-state index in [9.17, 15) is 22.8 Å². The maximum Gasteiger partial charge on any atom is 0.573 e. The van der Waals surface area contributed by atoms with Crippen LogP contribution in [0.2, 0.25) is 0 Å². The van der Waals surface area contributed by atoms with E-state index in [0.29, 0.717) is 27.8 Å². The molecule has 1 aliphatic heterocycles. The van der Waals surface area contributed by atoms with Crippen molar-refractivity contribution in [3.05, 3.63) is 48.2 Å².